The minimum absolute atomic E-state index is 0.399. The van der Waals surface area contributed by atoms with E-state index in [1.165, 1.54) is 12.0 Å². The molecule has 0 bridgehead atoms. The predicted octanol–water partition coefficient (Wildman–Crippen LogP) is 2.24. The smallest absolute Gasteiger partial charge is 0.0499 e. The summed E-state index contributed by atoms with van der Waals surface area (Å²) in [7, 11) is 1.76. The van der Waals surface area contributed by atoms with Crippen LogP contribution in [-0.2, 0) is 4.74 Å². The first kappa shape index (κ1) is 7.80. The lowest BCUT2D eigenvalue weighted by Gasteiger charge is -2.09. The van der Waals surface area contributed by atoms with E-state index in [9.17, 15) is 0 Å². The van der Waals surface area contributed by atoms with Crippen LogP contribution in [-0.4, -0.2) is 13.7 Å². The van der Waals surface area contributed by atoms with Gasteiger partial charge < -0.3 is 4.74 Å². The highest BCUT2D eigenvalue weighted by Crippen LogP contribution is 2.56. The average molecular weight is 140 g/mol. The summed E-state index contributed by atoms with van der Waals surface area (Å²) < 4.78 is 5.07. The van der Waals surface area contributed by atoms with Crippen LogP contribution in [0.4, 0.5) is 0 Å². The Labute approximate surface area is 63.1 Å². The fraction of sp³-hybridized carbons (Fsp3) is 0.778. The van der Waals surface area contributed by atoms with Gasteiger partial charge in [-0.15, -0.1) is 0 Å². The van der Waals surface area contributed by atoms with Gasteiger partial charge in [0, 0.05) is 13.7 Å². The van der Waals surface area contributed by atoms with Crippen molar-refractivity contribution in [2.24, 2.45) is 11.3 Å². The average Bonchev–Trinajstić information content (AvgIpc) is 2.45. The van der Waals surface area contributed by atoms with Gasteiger partial charge in [0.15, 0.2) is 0 Å². The molecule has 1 heteroatoms. The van der Waals surface area contributed by atoms with Gasteiger partial charge in [-0.2, -0.15) is 0 Å². The molecule has 0 spiro atoms. The maximum Gasteiger partial charge on any atom is 0.0499 e. The summed E-state index contributed by atoms with van der Waals surface area (Å²) in [6.45, 7) is 9.23. The van der Waals surface area contributed by atoms with Crippen molar-refractivity contribution in [2.75, 3.05) is 13.7 Å². The molecule has 1 aliphatic rings. The van der Waals surface area contributed by atoms with E-state index in [1.54, 1.807) is 7.11 Å². The molecule has 2 unspecified atom stereocenters. The lowest BCUT2D eigenvalue weighted by atomic mass is 9.99. The molecule has 0 N–H and O–H groups in total. The highest BCUT2D eigenvalue weighted by Gasteiger charge is 2.50. The third-order valence-corrected chi connectivity index (χ3v) is 2.75. The Morgan fingerprint density at radius 2 is 2.40 bits per heavy atom. The highest BCUT2D eigenvalue weighted by molar-refractivity contribution is 5.18. The first-order chi connectivity index (χ1) is 4.61. The molecule has 0 amide bonds. The first-order valence-corrected chi connectivity index (χ1v) is 3.76. The van der Waals surface area contributed by atoms with Crippen LogP contribution >= 0.6 is 0 Å². The van der Waals surface area contributed by atoms with Gasteiger partial charge in [0.1, 0.15) is 0 Å². The van der Waals surface area contributed by atoms with Crippen molar-refractivity contribution in [1.29, 1.82) is 0 Å². The Balaban J connectivity index is 2.40. The molecule has 0 aromatic heterocycles. The molecule has 0 aromatic carbocycles. The molecule has 58 valence electrons. The summed E-state index contributed by atoms with van der Waals surface area (Å²) >= 11 is 0. The van der Waals surface area contributed by atoms with E-state index in [-0.39, 0.29) is 0 Å². The Hall–Kier alpha value is -0.300. The fourth-order valence-electron chi connectivity index (χ4n) is 1.42. The standard InChI is InChI=1S/C9H16O/c1-7(2)9(3)5-8(9)6-10-4/h8H,1,5-6H2,2-4H3. The van der Waals surface area contributed by atoms with Crippen LogP contribution in [0.25, 0.3) is 0 Å². The van der Waals surface area contributed by atoms with Gasteiger partial charge in [-0.3, -0.25) is 0 Å². The molecule has 1 saturated carbocycles. The quantitative estimate of drug-likeness (QED) is 0.546. The number of allylic oxidation sites excluding steroid dienone is 1. The predicted molar refractivity (Wildman–Crippen MR) is 42.9 cm³/mol. The van der Waals surface area contributed by atoms with Gasteiger partial charge in [-0.1, -0.05) is 19.1 Å². The second-order valence-electron chi connectivity index (χ2n) is 3.55. The number of ether oxygens (including phenoxy) is 1. The number of hydrogen-bond donors (Lipinski definition) is 0. The van der Waals surface area contributed by atoms with E-state index >= 15 is 0 Å². The summed E-state index contributed by atoms with van der Waals surface area (Å²) in [6.07, 6.45) is 1.26. The lowest BCUT2D eigenvalue weighted by molar-refractivity contribution is 0.176. The lowest BCUT2D eigenvalue weighted by Crippen LogP contribution is -2.03. The summed E-state index contributed by atoms with van der Waals surface area (Å²) in [4.78, 5) is 0. The fourth-order valence-corrected chi connectivity index (χ4v) is 1.42. The molecule has 1 fully saturated rings. The maximum absolute atomic E-state index is 5.07. The van der Waals surface area contributed by atoms with Crippen molar-refractivity contribution in [3.8, 4) is 0 Å². The summed E-state index contributed by atoms with van der Waals surface area (Å²) in [6, 6.07) is 0. The normalized spacial score (nSPS) is 37.7. The van der Waals surface area contributed by atoms with Crippen LogP contribution in [0.15, 0.2) is 12.2 Å². The van der Waals surface area contributed by atoms with E-state index in [0.29, 0.717) is 5.41 Å². The highest BCUT2D eigenvalue weighted by atomic mass is 16.5. The Morgan fingerprint density at radius 1 is 1.80 bits per heavy atom. The second-order valence-corrected chi connectivity index (χ2v) is 3.55. The van der Waals surface area contributed by atoms with E-state index in [0.717, 1.165) is 12.5 Å². The van der Waals surface area contributed by atoms with Crippen LogP contribution in [0.3, 0.4) is 0 Å². The molecule has 1 rings (SSSR count). The van der Waals surface area contributed by atoms with Gasteiger partial charge in [0.2, 0.25) is 0 Å². The van der Waals surface area contributed by atoms with Crippen molar-refractivity contribution >= 4 is 0 Å². The summed E-state index contributed by atoms with van der Waals surface area (Å²) in [5.41, 5.74) is 1.70. The van der Waals surface area contributed by atoms with E-state index in [2.05, 4.69) is 20.4 Å². The molecule has 1 aliphatic carbocycles. The van der Waals surface area contributed by atoms with Crippen LogP contribution in [0.2, 0.25) is 0 Å². The minimum Gasteiger partial charge on any atom is -0.384 e. The third-order valence-electron chi connectivity index (χ3n) is 2.75. The van der Waals surface area contributed by atoms with Gasteiger partial charge >= 0.3 is 0 Å². The summed E-state index contributed by atoms with van der Waals surface area (Å²) in [5, 5.41) is 0. The molecule has 0 saturated heterocycles. The topological polar surface area (TPSA) is 9.23 Å². The molecule has 10 heavy (non-hydrogen) atoms. The number of hydrogen-bond acceptors (Lipinski definition) is 1. The molecule has 0 aromatic rings. The molecular weight excluding hydrogens is 124 g/mol. The monoisotopic (exact) mass is 140 g/mol. The third kappa shape index (κ3) is 1.10. The Morgan fingerprint density at radius 3 is 2.70 bits per heavy atom. The van der Waals surface area contributed by atoms with Gasteiger partial charge in [0.05, 0.1) is 0 Å². The maximum atomic E-state index is 5.07. The van der Waals surface area contributed by atoms with Crippen molar-refractivity contribution in [1.82, 2.24) is 0 Å². The molecule has 0 aliphatic heterocycles. The van der Waals surface area contributed by atoms with Gasteiger partial charge in [-0.05, 0) is 24.7 Å². The second kappa shape index (κ2) is 2.39. The largest absolute Gasteiger partial charge is 0.384 e. The Kier molecular flexibility index (Phi) is 1.86. The molecular formula is C9H16O. The van der Waals surface area contributed by atoms with Crippen LogP contribution in [0, 0.1) is 11.3 Å². The molecule has 0 heterocycles. The molecule has 2 atom stereocenters. The van der Waals surface area contributed by atoms with Crippen LogP contribution < -0.4 is 0 Å². The first-order valence-electron chi connectivity index (χ1n) is 3.76. The van der Waals surface area contributed by atoms with Crippen molar-refractivity contribution < 1.29 is 4.74 Å². The van der Waals surface area contributed by atoms with Gasteiger partial charge in [-0.25, -0.2) is 0 Å². The number of rotatable bonds is 3. The van der Waals surface area contributed by atoms with Gasteiger partial charge in [0.25, 0.3) is 0 Å². The van der Waals surface area contributed by atoms with Crippen molar-refractivity contribution in [3.05, 3.63) is 12.2 Å². The number of methoxy groups -OCH3 is 1. The molecule has 1 nitrogen and oxygen atoms in total. The van der Waals surface area contributed by atoms with E-state index in [4.69, 9.17) is 4.74 Å². The van der Waals surface area contributed by atoms with Crippen molar-refractivity contribution in [3.63, 3.8) is 0 Å². The minimum atomic E-state index is 0.399. The Bertz CT molecular complexity index is 151. The van der Waals surface area contributed by atoms with Crippen LogP contribution in [0.5, 0.6) is 0 Å². The summed E-state index contributed by atoms with van der Waals surface area (Å²) in [5.74, 6) is 0.731. The van der Waals surface area contributed by atoms with E-state index in [1.807, 2.05) is 0 Å². The van der Waals surface area contributed by atoms with E-state index < -0.39 is 0 Å². The zero-order valence-corrected chi connectivity index (χ0v) is 7.11. The SMILES string of the molecule is C=C(C)C1(C)CC1COC. The molecule has 0 radical (unpaired) electrons. The zero-order chi connectivity index (χ0) is 7.78. The zero-order valence-electron chi connectivity index (χ0n) is 7.11. The van der Waals surface area contributed by atoms with Crippen molar-refractivity contribution in [2.45, 2.75) is 20.3 Å². The van der Waals surface area contributed by atoms with Crippen LogP contribution in [0.1, 0.15) is 20.3 Å².